The van der Waals surface area contributed by atoms with Gasteiger partial charge in [-0.15, -0.1) is 0 Å². The van der Waals surface area contributed by atoms with Crippen LogP contribution in [0, 0.1) is 6.92 Å². The van der Waals surface area contributed by atoms with Crippen LogP contribution in [0.3, 0.4) is 0 Å². The molecule has 1 aromatic heterocycles. The van der Waals surface area contributed by atoms with Gasteiger partial charge in [0.2, 0.25) is 0 Å². The second-order valence-electron chi connectivity index (χ2n) is 3.29. The zero-order chi connectivity index (χ0) is 11.5. The van der Waals surface area contributed by atoms with Crippen molar-refractivity contribution in [3.8, 4) is 11.7 Å². The van der Waals surface area contributed by atoms with Crippen molar-refractivity contribution in [3.05, 3.63) is 46.1 Å². The summed E-state index contributed by atoms with van der Waals surface area (Å²) in [5.74, 6) is 1.26. The number of carbonyl (C=O) groups excluding carboxylic acids is 1. The number of benzene rings is 1. The Morgan fingerprint density at radius 1 is 1.31 bits per heavy atom. The molecule has 82 valence electrons. The van der Waals surface area contributed by atoms with Gasteiger partial charge in [-0.3, -0.25) is 4.79 Å². The number of halogens is 1. The van der Waals surface area contributed by atoms with E-state index in [2.05, 4.69) is 15.9 Å². The first-order valence-electron chi connectivity index (χ1n) is 4.68. The van der Waals surface area contributed by atoms with E-state index in [-0.39, 0.29) is 5.76 Å². The zero-order valence-electron chi connectivity index (χ0n) is 8.57. The van der Waals surface area contributed by atoms with Gasteiger partial charge in [0.25, 0.3) is 5.95 Å². The molecule has 3 nitrogen and oxygen atoms in total. The molecular formula is C12H9BrO3. The lowest BCUT2D eigenvalue weighted by molar-refractivity contribution is 0.109. The molecule has 0 unspecified atom stereocenters. The van der Waals surface area contributed by atoms with Crippen molar-refractivity contribution in [1.29, 1.82) is 0 Å². The van der Waals surface area contributed by atoms with Crippen LogP contribution in [0.1, 0.15) is 16.1 Å². The second kappa shape index (κ2) is 4.53. The summed E-state index contributed by atoms with van der Waals surface area (Å²) in [4.78, 5) is 10.4. The van der Waals surface area contributed by atoms with E-state index in [0.29, 0.717) is 18.0 Å². The smallest absolute Gasteiger partial charge is 0.290 e. The molecule has 4 heteroatoms. The number of furan rings is 1. The van der Waals surface area contributed by atoms with E-state index in [1.165, 1.54) is 0 Å². The summed E-state index contributed by atoms with van der Waals surface area (Å²) < 4.78 is 11.6. The normalized spacial score (nSPS) is 10.1. The summed E-state index contributed by atoms with van der Waals surface area (Å²) in [7, 11) is 0. The van der Waals surface area contributed by atoms with Gasteiger partial charge in [0.05, 0.1) is 0 Å². The van der Waals surface area contributed by atoms with Gasteiger partial charge in [-0.1, -0.05) is 22.0 Å². The summed E-state index contributed by atoms with van der Waals surface area (Å²) in [5.41, 5.74) is 0.993. The Labute approximate surface area is 101 Å². The van der Waals surface area contributed by atoms with Gasteiger partial charge in [0, 0.05) is 10.5 Å². The number of aryl methyl sites for hydroxylation is 1. The van der Waals surface area contributed by atoms with Crippen LogP contribution in [0.4, 0.5) is 0 Å². The van der Waals surface area contributed by atoms with Gasteiger partial charge in [0.1, 0.15) is 5.75 Å². The van der Waals surface area contributed by atoms with Gasteiger partial charge in [0.15, 0.2) is 12.0 Å². The summed E-state index contributed by atoms with van der Waals surface area (Å²) >= 11 is 3.36. The Morgan fingerprint density at radius 3 is 2.81 bits per heavy atom. The van der Waals surface area contributed by atoms with Crippen LogP contribution in [-0.4, -0.2) is 6.29 Å². The van der Waals surface area contributed by atoms with E-state index >= 15 is 0 Å². The molecule has 0 radical (unpaired) electrons. The summed E-state index contributed by atoms with van der Waals surface area (Å²) in [6, 6.07) is 8.89. The molecule has 16 heavy (non-hydrogen) atoms. The van der Waals surface area contributed by atoms with Gasteiger partial charge < -0.3 is 9.15 Å². The minimum Gasteiger partial charge on any atom is -0.426 e. The summed E-state index contributed by atoms with van der Waals surface area (Å²) in [5, 5.41) is 0. The van der Waals surface area contributed by atoms with Crippen LogP contribution in [0.2, 0.25) is 0 Å². The monoisotopic (exact) mass is 280 g/mol. The third-order valence-corrected chi connectivity index (χ3v) is 2.57. The van der Waals surface area contributed by atoms with E-state index in [4.69, 9.17) is 9.15 Å². The fraction of sp³-hybridized carbons (Fsp3) is 0.0833. The number of rotatable bonds is 3. The lowest BCUT2D eigenvalue weighted by Crippen LogP contribution is -1.85. The number of aldehydes is 1. The summed E-state index contributed by atoms with van der Waals surface area (Å²) in [6.07, 6.45) is 0.640. The van der Waals surface area contributed by atoms with Gasteiger partial charge in [-0.2, -0.15) is 0 Å². The van der Waals surface area contributed by atoms with Gasteiger partial charge in [-0.25, -0.2) is 0 Å². The van der Waals surface area contributed by atoms with Crippen LogP contribution < -0.4 is 4.74 Å². The Kier molecular flexibility index (Phi) is 3.10. The standard InChI is InChI=1S/C12H9BrO3/c1-8-2-3-9(13)6-11(8)16-12-5-4-10(7-14)15-12/h2-7H,1H3. The molecule has 1 aromatic carbocycles. The minimum atomic E-state index is 0.252. The lowest BCUT2D eigenvalue weighted by atomic mass is 10.2. The molecule has 0 aliphatic rings. The number of hydrogen-bond acceptors (Lipinski definition) is 3. The van der Waals surface area contributed by atoms with Crippen molar-refractivity contribution in [2.24, 2.45) is 0 Å². The zero-order valence-corrected chi connectivity index (χ0v) is 10.2. The highest BCUT2D eigenvalue weighted by Gasteiger charge is 2.06. The van der Waals surface area contributed by atoms with Crippen molar-refractivity contribution in [2.75, 3.05) is 0 Å². The first-order chi connectivity index (χ1) is 7.69. The van der Waals surface area contributed by atoms with Crippen molar-refractivity contribution in [3.63, 3.8) is 0 Å². The van der Waals surface area contributed by atoms with E-state index in [1.54, 1.807) is 12.1 Å². The third-order valence-electron chi connectivity index (χ3n) is 2.08. The largest absolute Gasteiger partial charge is 0.426 e. The highest BCUT2D eigenvalue weighted by atomic mass is 79.9. The number of carbonyl (C=O) groups is 1. The van der Waals surface area contributed by atoms with Crippen molar-refractivity contribution in [2.45, 2.75) is 6.92 Å². The van der Waals surface area contributed by atoms with Crippen molar-refractivity contribution >= 4 is 22.2 Å². The third kappa shape index (κ3) is 2.33. The van der Waals surface area contributed by atoms with Crippen molar-refractivity contribution in [1.82, 2.24) is 0 Å². The molecule has 0 bridgehead atoms. The number of ether oxygens (including phenoxy) is 1. The molecule has 0 aliphatic carbocycles. The Bertz CT molecular complexity index is 517. The molecule has 2 rings (SSSR count). The Hall–Kier alpha value is -1.55. The fourth-order valence-electron chi connectivity index (χ4n) is 1.24. The molecule has 1 heterocycles. The molecule has 0 spiro atoms. The molecule has 0 fully saturated rings. The van der Waals surface area contributed by atoms with Crippen molar-refractivity contribution < 1.29 is 13.9 Å². The molecule has 0 amide bonds. The minimum absolute atomic E-state index is 0.252. The van der Waals surface area contributed by atoms with Crippen LogP contribution in [0.5, 0.6) is 11.7 Å². The molecule has 0 saturated heterocycles. The van der Waals surface area contributed by atoms with Gasteiger partial charge >= 0.3 is 0 Å². The number of hydrogen-bond donors (Lipinski definition) is 0. The molecule has 0 aliphatic heterocycles. The highest BCUT2D eigenvalue weighted by molar-refractivity contribution is 9.10. The average Bonchev–Trinajstić information content (AvgIpc) is 2.71. The average molecular weight is 281 g/mol. The van der Waals surface area contributed by atoms with Crippen LogP contribution in [-0.2, 0) is 0 Å². The van der Waals surface area contributed by atoms with E-state index in [1.807, 2.05) is 25.1 Å². The predicted molar refractivity (Wildman–Crippen MR) is 63.0 cm³/mol. The molecular weight excluding hydrogens is 272 g/mol. The van der Waals surface area contributed by atoms with E-state index in [9.17, 15) is 4.79 Å². The highest BCUT2D eigenvalue weighted by Crippen LogP contribution is 2.28. The van der Waals surface area contributed by atoms with E-state index < -0.39 is 0 Å². The van der Waals surface area contributed by atoms with Crippen LogP contribution in [0.15, 0.2) is 39.2 Å². The first kappa shape index (κ1) is 11.0. The fourth-order valence-corrected chi connectivity index (χ4v) is 1.58. The SMILES string of the molecule is Cc1ccc(Br)cc1Oc1ccc(C=O)o1. The molecule has 2 aromatic rings. The molecule has 0 N–H and O–H groups in total. The Morgan fingerprint density at radius 2 is 2.12 bits per heavy atom. The van der Waals surface area contributed by atoms with Gasteiger partial charge in [-0.05, 0) is 30.7 Å². The maximum atomic E-state index is 10.4. The quantitative estimate of drug-likeness (QED) is 0.799. The maximum Gasteiger partial charge on any atom is 0.290 e. The van der Waals surface area contributed by atoms with E-state index in [0.717, 1.165) is 10.0 Å². The second-order valence-corrected chi connectivity index (χ2v) is 4.20. The van der Waals surface area contributed by atoms with Crippen LogP contribution >= 0.6 is 15.9 Å². The maximum absolute atomic E-state index is 10.4. The molecule has 0 saturated carbocycles. The topological polar surface area (TPSA) is 39.4 Å². The Balaban J connectivity index is 2.26. The molecule has 0 atom stereocenters. The predicted octanol–water partition coefficient (Wildman–Crippen LogP) is 3.96. The van der Waals surface area contributed by atoms with Crippen LogP contribution in [0.25, 0.3) is 0 Å². The first-order valence-corrected chi connectivity index (χ1v) is 5.47. The lowest BCUT2D eigenvalue weighted by Gasteiger charge is -2.05. The summed E-state index contributed by atoms with van der Waals surface area (Å²) in [6.45, 7) is 1.94.